The van der Waals surface area contributed by atoms with E-state index in [1.807, 2.05) is 0 Å². The number of halogens is 1. The molecule has 0 spiro atoms. The van der Waals surface area contributed by atoms with Crippen LogP contribution in [-0.4, -0.2) is 36.3 Å². The summed E-state index contributed by atoms with van der Waals surface area (Å²) in [5.41, 5.74) is 1.74. The molecule has 8 heteroatoms. The number of imidazole rings is 1. The van der Waals surface area contributed by atoms with Gasteiger partial charge in [0.05, 0.1) is 31.4 Å². The molecule has 0 saturated heterocycles. The number of nitrogens with one attached hydrogen (secondary N) is 1. The summed E-state index contributed by atoms with van der Waals surface area (Å²) in [4.78, 5) is 7.23. The summed E-state index contributed by atoms with van der Waals surface area (Å²) in [6.07, 6.45) is 2.17. The van der Waals surface area contributed by atoms with Crippen molar-refractivity contribution >= 4 is 21.6 Å². The van der Waals surface area contributed by atoms with Crippen molar-refractivity contribution in [1.82, 2.24) is 14.3 Å². The lowest BCUT2D eigenvalue weighted by Crippen LogP contribution is -2.36. The minimum Gasteiger partial charge on any atom is -0.495 e. The number of ether oxygens (including phenoxy) is 1. The van der Waals surface area contributed by atoms with E-state index < -0.39 is 10.0 Å². The molecule has 112 valence electrons. The number of methoxy groups -OCH3 is 1. The number of benzene rings is 1. The van der Waals surface area contributed by atoms with Crippen LogP contribution in [0.15, 0.2) is 29.4 Å². The average molecular weight is 328 g/mol. The smallest absolute Gasteiger partial charge is 0.247 e. The highest BCUT2D eigenvalue weighted by atomic mass is 35.5. The summed E-state index contributed by atoms with van der Waals surface area (Å²) in [7, 11) is -2.24. The highest BCUT2D eigenvalue weighted by Crippen LogP contribution is 2.31. The van der Waals surface area contributed by atoms with Crippen LogP contribution in [0.4, 0.5) is 0 Å². The van der Waals surface area contributed by atoms with Crippen molar-refractivity contribution in [3.8, 4) is 5.75 Å². The lowest BCUT2D eigenvalue weighted by Gasteiger charge is -2.26. The van der Waals surface area contributed by atoms with E-state index in [0.29, 0.717) is 18.0 Å². The molecule has 2 heterocycles. The first-order valence-electron chi connectivity index (χ1n) is 6.37. The molecule has 6 nitrogen and oxygen atoms in total. The summed E-state index contributed by atoms with van der Waals surface area (Å²) in [5.74, 6) is 0.287. The van der Waals surface area contributed by atoms with Crippen molar-refractivity contribution in [2.24, 2.45) is 0 Å². The Morgan fingerprint density at radius 2 is 2.24 bits per heavy atom. The molecule has 0 radical (unpaired) electrons. The number of nitrogens with zero attached hydrogens (tertiary/aromatic N) is 2. The quantitative estimate of drug-likeness (QED) is 0.933. The molecule has 3 rings (SSSR count). The van der Waals surface area contributed by atoms with Crippen LogP contribution < -0.4 is 4.74 Å². The van der Waals surface area contributed by atoms with Gasteiger partial charge in [0, 0.05) is 18.0 Å². The van der Waals surface area contributed by atoms with Gasteiger partial charge in [0.15, 0.2) is 0 Å². The molecule has 0 bridgehead atoms. The van der Waals surface area contributed by atoms with E-state index in [1.165, 1.54) is 17.5 Å². The Hall–Kier alpha value is -1.57. The first-order valence-corrected chi connectivity index (χ1v) is 8.19. The van der Waals surface area contributed by atoms with E-state index in [-0.39, 0.29) is 17.2 Å². The normalized spacial score (nSPS) is 15.7. The number of H-pyrrole nitrogens is 1. The second-order valence-electron chi connectivity index (χ2n) is 4.71. The summed E-state index contributed by atoms with van der Waals surface area (Å²) in [6.45, 7) is 0.656. The lowest BCUT2D eigenvalue weighted by atomic mass is 10.2. The molecule has 1 aromatic carbocycles. The van der Waals surface area contributed by atoms with Gasteiger partial charge in [-0.1, -0.05) is 11.6 Å². The van der Waals surface area contributed by atoms with Gasteiger partial charge in [-0.25, -0.2) is 13.4 Å². The van der Waals surface area contributed by atoms with Crippen molar-refractivity contribution in [3.63, 3.8) is 0 Å². The fraction of sp³-hybridized carbons (Fsp3) is 0.308. The Kier molecular flexibility index (Phi) is 3.64. The van der Waals surface area contributed by atoms with E-state index in [0.717, 1.165) is 11.4 Å². The maximum Gasteiger partial charge on any atom is 0.247 e. The number of rotatable bonds is 3. The van der Waals surface area contributed by atoms with Gasteiger partial charge in [-0.2, -0.15) is 4.31 Å². The van der Waals surface area contributed by atoms with E-state index in [1.54, 1.807) is 18.5 Å². The van der Waals surface area contributed by atoms with Crippen LogP contribution in [0, 0.1) is 0 Å². The third-order valence-corrected chi connectivity index (χ3v) is 5.58. The molecule has 1 aliphatic heterocycles. The van der Waals surface area contributed by atoms with Crippen LogP contribution in [0.1, 0.15) is 11.4 Å². The lowest BCUT2D eigenvalue weighted by molar-refractivity contribution is 0.374. The molecule has 1 aliphatic rings. The standard InChI is InChI=1S/C13H14ClN3O3S/c1-20-12-3-2-9(14)6-13(12)21(18,19)17-5-4-10-11(7-17)16-8-15-10/h2-3,6,8H,4-5,7H2,1H3,(H,15,16). The molecule has 1 N–H and O–H groups in total. The molecule has 0 unspecified atom stereocenters. The zero-order chi connectivity index (χ0) is 15.0. The molecular weight excluding hydrogens is 314 g/mol. The van der Waals surface area contributed by atoms with Crippen molar-refractivity contribution in [2.75, 3.05) is 13.7 Å². The fourth-order valence-electron chi connectivity index (χ4n) is 2.38. The highest BCUT2D eigenvalue weighted by Gasteiger charge is 2.31. The Bertz CT molecular complexity index is 773. The maximum atomic E-state index is 12.8. The van der Waals surface area contributed by atoms with E-state index >= 15 is 0 Å². The van der Waals surface area contributed by atoms with Gasteiger partial charge in [-0.15, -0.1) is 0 Å². The molecule has 0 atom stereocenters. The molecule has 0 fully saturated rings. The van der Waals surface area contributed by atoms with Gasteiger partial charge in [0.1, 0.15) is 10.6 Å². The second-order valence-corrected chi connectivity index (χ2v) is 7.05. The molecular formula is C13H14ClN3O3S. The maximum absolute atomic E-state index is 12.8. The number of aromatic amines is 1. The average Bonchev–Trinajstić information content (AvgIpc) is 2.94. The third kappa shape index (κ3) is 2.52. The molecule has 1 aromatic heterocycles. The number of aromatic nitrogens is 2. The van der Waals surface area contributed by atoms with Crippen LogP contribution >= 0.6 is 11.6 Å². The summed E-state index contributed by atoms with van der Waals surface area (Å²) in [6, 6.07) is 4.57. The fourth-order valence-corrected chi connectivity index (χ4v) is 4.21. The van der Waals surface area contributed by atoms with Gasteiger partial charge >= 0.3 is 0 Å². The Morgan fingerprint density at radius 3 is 3.00 bits per heavy atom. The highest BCUT2D eigenvalue weighted by molar-refractivity contribution is 7.89. The molecule has 0 amide bonds. The minimum absolute atomic E-state index is 0.0838. The Balaban J connectivity index is 2.00. The summed E-state index contributed by atoms with van der Waals surface area (Å²) >= 11 is 5.93. The monoisotopic (exact) mass is 327 g/mol. The SMILES string of the molecule is COc1ccc(Cl)cc1S(=O)(=O)N1CCc2nc[nH]c2C1. The van der Waals surface area contributed by atoms with Crippen LogP contribution in [0.25, 0.3) is 0 Å². The first kappa shape index (κ1) is 14.4. The topological polar surface area (TPSA) is 75.3 Å². The van der Waals surface area contributed by atoms with Gasteiger partial charge in [0.2, 0.25) is 10.0 Å². The van der Waals surface area contributed by atoms with Gasteiger partial charge in [-0.05, 0) is 18.2 Å². The van der Waals surface area contributed by atoms with E-state index in [2.05, 4.69) is 9.97 Å². The Labute approximate surface area is 127 Å². The number of hydrogen-bond acceptors (Lipinski definition) is 4. The summed E-state index contributed by atoms with van der Waals surface area (Å²) in [5, 5.41) is 0.355. The molecule has 0 aliphatic carbocycles. The van der Waals surface area contributed by atoms with Gasteiger partial charge < -0.3 is 9.72 Å². The van der Waals surface area contributed by atoms with Crippen molar-refractivity contribution in [3.05, 3.63) is 40.9 Å². The van der Waals surface area contributed by atoms with Crippen molar-refractivity contribution in [2.45, 2.75) is 17.9 Å². The first-order chi connectivity index (χ1) is 10.0. The van der Waals surface area contributed by atoms with Crippen molar-refractivity contribution in [1.29, 1.82) is 0 Å². The third-order valence-electron chi connectivity index (χ3n) is 3.48. The van der Waals surface area contributed by atoms with E-state index in [4.69, 9.17) is 16.3 Å². The number of sulfonamides is 1. The Morgan fingerprint density at radius 1 is 1.43 bits per heavy atom. The van der Waals surface area contributed by atoms with Crippen LogP contribution in [0.3, 0.4) is 0 Å². The number of fused-ring (bicyclic) bond motifs is 1. The largest absolute Gasteiger partial charge is 0.495 e. The van der Waals surface area contributed by atoms with Crippen LogP contribution in [0.2, 0.25) is 5.02 Å². The minimum atomic E-state index is -3.67. The predicted octanol–water partition coefficient (Wildman–Crippen LogP) is 1.82. The van der Waals surface area contributed by atoms with Crippen LogP contribution in [0.5, 0.6) is 5.75 Å². The second kappa shape index (κ2) is 5.32. The van der Waals surface area contributed by atoms with Gasteiger partial charge in [0.25, 0.3) is 0 Å². The van der Waals surface area contributed by atoms with Crippen LogP contribution in [-0.2, 0) is 23.0 Å². The van der Waals surface area contributed by atoms with Gasteiger partial charge in [-0.3, -0.25) is 0 Å². The molecule has 0 saturated carbocycles. The zero-order valence-electron chi connectivity index (χ0n) is 11.3. The summed E-state index contributed by atoms with van der Waals surface area (Å²) < 4.78 is 32.2. The van der Waals surface area contributed by atoms with Crippen molar-refractivity contribution < 1.29 is 13.2 Å². The molecule has 21 heavy (non-hydrogen) atoms. The molecule has 2 aromatic rings. The predicted molar refractivity (Wildman–Crippen MR) is 77.9 cm³/mol. The zero-order valence-corrected chi connectivity index (χ0v) is 12.9. The van der Waals surface area contributed by atoms with E-state index in [9.17, 15) is 8.42 Å². The number of hydrogen-bond donors (Lipinski definition) is 1.